The van der Waals surface area contributed by atoms with Gasteiger partial charge in [0.1, 0.15) is 5.82 Å². The third-order valence-corrected chi connectivity index (χ3v) is 5.38. The molecule has 31 heavy (non-hydrogen) atoms. The molecule has 0 aliphatic heterocycles. The minimum Gasteiger partial charge on any atom is -0.493 e. The normalized spacial score (nSPS) is 11.1. The quantitative estimate of drug-likeness (QED) is 0.465. The van der Waals surface area contributed by atoms with Gasteiger partial charge in [-0.05, 0) is 48.6 Å². The van der Waals surface area contributed by atoms with Crippen LogP contribution in [-0.4, -0.2) is 36.2 Å². The number of nitrogens with one attached hydrogen (secondary N) is 1. The van der Waals surface area contributed by atoms with E-state index < -0.39 is 0 Å². The molecule has 0 radical (unpaired) electrons. The molecule has 0 atom stereocenters. The Morgan fingerprint density at radius 1 is 1.10 bits per heavy atom. The largest absolute Gasteiger partial charge is 0.493 e. The summed E-state index contributed by atoms with van der Waals surface area (Å²) in [5, 5.41) is 3.02. The zero-order valence-corrected chi connectivity index (χ0v) is 19.0. The van der Waals surface area contributed by atoms with Crippen LogP contribution in [-0.2, 0) is 24.2 Å². The number of fused-ring (bicyclic) bond motifs is 1. The van der Waals surface area contributed by atoms with Gasteiger partial charge in [0.05, 0.1) is 31.7 Å². The lowest BCUT2D eigenvalue weighted by Gasteiger charge is -2.12. The Labute approximate surface area is 184 Å². The molecule has 6 nitrogen and oxygen atoms in total. The van der Waals surface area contributed by atoms with Crippen LogP contribution in [0.2, 0.25) is 0 Å². The van der Waals surface area contributed by atoms with Gasteiger partial charge >= 0.3 is 0 Å². The zero-order chi connectivity index (χ0) is 22.2. The van der Waals surface area contributed by atoms with E-state index in [9.17, 15) is 4.79 Å². The Morgan fingerprint density at radius 2 is 1.87 bits per heavy atom. The van der Waals surface area contributed by atoms with Crippen molar-refractivity contribution >= 4 is 16.9 Å². The number of benzene rings is 2. The number of carbonyl (C=O) groups is 1. The van der Waals surface area contributed by atoms with Crippen molar-refractivity contribution < 1.29 is 14.3 Å². The second kappa shape index (κ2) is 10.8. The van der Waals surface area contributed by atoms with Crippen molar-refractivity contribution in [3.05, 3.63) is 53.9 Å². The molecule has 0 saturated carbocycles. The van der Waals surface area contributed by atoms with E-state index in [1.165, 1.54) is 5.52 Å². The maximum absolute atomic E-state index is 12.4. The van der Waals surface area contributed by atoms with E-state index >= 15 is 0 Å². The first-order valence-electron chi connectivity index (χ1n) is 10.9. The summed E-state index contributed by atoms with van der Waals surface area (Å²) in [6, 6.07) is 13.8. The summed E-state index contributed by atoms with van der Waals surface area (Å²) in [6.45, 7) is 6.08. The Morgan fingerprint density at radius 3 is 2.61 bits per heavy atom. The van der Waals surface area contributed by atoms with E-state index in [-0.39, 0.29) is 5.91 Å². The van der Waals surface area contributed by atoms with Crippen LogP contribution in [0.5, 0.6) is 11.5 Å². The molecule has 0 bridgehead atoms. The van der Waals surface area contributed by atoms with Gasteiger partial charge in [-0.2, -0.15) is 0 Å². The van der Waals surface area contributed by atoms with Gasteiger partial charge < -0.3 is 19.4 Å². The fourth-order valence-corrected chi connectivity index (χ4v) is 3.67. The van der Waals surface area contributed by atoms with Gasteiger partial charge in [0.15, 0.2) is 11.5 Å². The lowest BCUT2D eigenvalue weighted by molar-refractivity contribution is -0.120. The fourth-order valence-electron chi connectivity index (χ4n) is 3.67. The molecule has 0 aliphatic rings. The smallest absolute Gasteiger partial charge is 0.224 e. The van der Waals surface area contributed by atoms with Crippen molar-refractivity contribution in [2.75, 3.05) is 20.8 Å². The SMILES string of the molecule is COc1ccc(CC(=O)NCCCc2nc3ccccc3n2CCC(C)C)cc1OC. The lowest BCUT2D eigenvalue weighted by atomic mass is 10.1. The maximum Gasteiger partial charge on any atom is 0.224 e. The second-order valence-electron chi connectivity index (χ2n) is 8.17. The van der Waals surface area contributed by atoms with Crippen molar-refractivity contribution in [1.82, 2.24) is 14.9 Å². The topological polar surface area (TPSA) is 65.4 Å². The van der Waals surface area contributed by atoms with Crippen LogP contribution in [0.4, 0.5) is 0 Å². The van der Waals surface area contributed by atoms with Crippen LogP contribution in [0.3, 0.4) is 0 Å². The van der Waals surface area contributed by atoms with Crippen molar-refractivity contribution in [2.24, 2.45) is 5.92 Å². The van der Waals surface area contributed by atoms with Gasteiger partial charge in [-0.3, -0.25) is 4.79 Å². The van der Waals surface area contributed by atoms with E-state index in [1.807, 2.05) is 24.3 Å². The summed E-state index contributed by atoms with van der Waals surface area (Å²) < 4.78 is 12.9. The van der Waals surface area contributed by atoms with Crippen LogP contribution >= 0.6 is 0 Å². The molecule has 6 heteroatoms. The number of carbonyl (C=O) groups excluding carboxylic acids is 1. The number of rotatable bonds is 11. The number of methoxy groups -OCH3 is 2. The van der Waals surface area contributed by atoms with Gasteiger partial charge in [0.25, 0.3) is 0 Å². The van der Waals surface area contributed by atoms with Gasteiger partial charge in [-0.1, -0.05) is 32.0 Å². The third kappa shape index (κ3) is 6.00. The molecular formula is C25H33N3O3. The molecule has 3 rings (SSSR count). The summed E-state index contributed by atoms with van der Waals surface area (Å²) in [5.41, 5.74) is 3.13. The van der Waals surface area contributed by atoms with E-state index in [4.69, 9.17) is 14.5 Å². The van der Waals surface area contributed by atoms with Crippen LogP contribution in [0.25, 0.3) is 11.0 Å². The molecule has 1 aromatic heterocycles. The standard InChI is InChI=1S/C25H33N3O3/c1-18(2)13-15-28-21-9-6-5-8-20(21)27-24(28)10-7-14-26-25(29)17-19-11-12-22(30-3)23(16-19)31-4/h5-6,8-9,11-12,16,18H,7,10,13-15,17H2,1-4H3,(H,26,29). The van der Waals surface area contributed by atoms with Gasteiger partial charge in [0, 0.05) is 19.5 Å². The molecular weight excluding hydrogens is 390 g/mol. The van der Waals surface area contributed by atoms with E-state index in [2.05, 4.69) is 41.9 Å². The average molecular weight is 424 g/mol. The highest BCUT2D eigenvalue weighted by Gasteiger charge is 2.12. The minimum absolute atomic E-state index is 0.000491. The van der Waals surface area contributed by atoms with Crippen molar-refractivity contribution in [1.29, 1.82) is 0 Å². The molecule has 0 unspecified atom stereocenters. The van der Waals surface area contributed by atoms with Gasteiger partial charge in [0.2, 0.25) is 5.91 Å². The molecule has 3 aromatic rings. The van der Waals surface area contributed by atoms with Gasteiger partial charge in [-0.15, -0.1) is 0 Å². The first-order chi connectivity index (χ1) is 15.0. The number of amides is 1. The van der Waals surface area contributed by atoms with E-state index in [0.29, 0.717) is 30.4 Å². The zero-order valence-electron chi connectivity index (χ0n) is 19.0. The van der Waals surface area contributed by atoms with E-state index in [0.717, 1.165) is 42.7 Å². The first-order valence-corrected chi connectivity index (χ1v) is 10.9. The summed E-state index contributed by atoms with van der Waals surface area (Å²) in [7, 11) is 3.19. The van der Waals surface area contributed by atoms with Crippen LogP contribution in [0, 0.1) is 5.92 Å². The molecule has 0 fully saturated rings. The van der Waals surface area contributed by atoms with Crippen LogP contribution in [0.1, 0.15) is 38.1 Å². The molecule has 166 valence electrons. The number of imidazole rings is 1. The number of nitrogens with zero attached hydrogens (tertiary/aromatic N) is 2. The molecule has 0 saturated heterocycles. The predicted molar refractivity (Wildman–Crippen MR) is 124 cm³/mol. The maximum atomic E-state index is 12.4. The number of ether oxygens (including phenoxy) is 2. The first kappa shape index (κ1) is 22.7. The Hall–Kier alpha value is -3.02. The molecule has 1 heterocycles. The summed E-state index contributed by atoms with van der Waals surface area (Å²) in [5.74, 6) is 3.03. The number of para-hydroxylation sites is 2. The Bertz CT molecular complexity index is 1010. The highest BCUT2D eigenvalue weighted by molar-refractivity contribution is 5.78. The minimum atomic E-state index is 0.000491. The average Bonchev–Trinajstić information content (AvgIpc) is 3.12. The number of hydrogen-bond acceptors (Lipinski definition) is 4. The highest BCUT2D eigenvalue weighted by Crippen LogP contribution is 2.27. The number of aryl methyl sites for hydroxylation is 2. The molecule has 1 amide bonds. The summed E-state index contributed by atoms with van der Waals surface area (Å²) in [6.07, 6.45) is 3.12. The van der Waals surface area contributed by atoms with E-state index in [1.54, 1.807) is 14.2 Å². The number of hydrogen-bond donors (Lipinski definition) is 1. The van der Waals surface area contributed by atoms with Crippen molar-refractivity contribution in [3.63, 3.8) is 0 Å². The van der Waals surface area contributed by atoms with Crippen LogP contribution in [0.15, 0.2) is 42.5 Å². The van der Waals surface area contributed by atoms with Crippen molar-refractivity contribution in [3.8, 4) is 11.5 Å². The summed E-state index contributed by atoms with van der Waals surface area (Å²) >= 11 is 0. The van der Waals surface area contributed by atoms with Crippen molar-refractivity contribution in [2.45, 2.75) is 46.1 Å². The molecule has 2 aromatic carbocycles. The Kier molecular flexibility index (Phi) is 7.93. The highest BCUT2D eigenvalue weighted by atomic mass is 16.5. The lowest BCUT2D eigenvalue weighted by Crippen LogP contribution is -2.26. The monoisotopic (exact) mass is 423 g/mol. The molecule has 1 N–H and O–H groups in total. The second-order valence-corrected chi connectivity index (χ2v) is 8.17. The number of aromatic nitrogens is 2. The third-order valence-electron chi connectivity index (χ3n) is 5.38. The van der Waals surface area contributed by atoms with Crippen LogP contribution < -0.4 is 14.8 Å². The molecule has 0 aliphatic carbocycles. The Balaban J connectivity index is 1.54. The predicted octanol–water partition coefficient (Wildman–Crippen LogP) is 4.39. The molecule has 0 spiro atoms. The van der Waals surface area contributed by atoms with Gasteiger partial charge in [-0.25, -0.2) is 4.98 Å². The summed E-state index contributed by atoms with van der Waals surface area (Å²) in [4.78, 5) is 17.2. The fraction of sp³-hybridized carbons (Fsp3) is 0.440.